The lowest BCUT2D eigenvalue weighted by atomic mass is 10.1. The summed E-state index contributed by atoms with van der Waals surface area (Å²) in [7, 11) is 0. The standard InChI is InChI=1S/C11H7IO/c12-11-3-1-2-9-5-4-8(7-13)6-10(9)11/h1-7H. The highest BCUT2D eigenvalue weighted by Crippen LogP contribution is 2.21. The molecule has 0 aliphatic rings. The van der Waals surface area contributed by atoms with Gasteiger partial charge in [-0.05, 0) is 45.5 Å². The maximum Gasteiger partial charge on any atom is 0.150 e. The lowest BCUT2D eigenvalue weighted by molar-refractivity contribution is 0.112. The monoisotopic (exact) mass is 282 g/mol. The molecule has 0 heterocycles. The largest absolute Gasteiger partial charge is 0.298 e. The van der Waals surface area contributed by atoms with Crippen molar-refractivity contribution in [2.75, 3.05) is 0 Å². The van der Waals surface area contributed by atoms with Gasteiger partial charge in [0.15, 0.2) is 0 Å². The van der Waals surface area contributed by atoms with Gasteiger partial charge >= 0.3 is 0 Å². The second-order valence-corrected chi connectivity index (χ2v) is 4.00. The number of fused-ring (bicyclic) bond motifs is 1. The minimum Gasteiger partial charge on any atom is -0.298 e. The van der Waals surface area contributed by atoms with Crippen molar-refractivity contribution in [2.45, 2.75) is 0 Å². The molecule has 0 atom stereocenters. The Kier molecular flexibility index (Phi) is 2.31. The lowest BCUT2D eigenvalue weighted by Gasteiger charge is -2.00. The van der Waals surface area contributed by atoms with Crippen LogP contribution in [0.4, 0.5) is 0 Å². The van der Waals surface area contributed by atoms with Gasteiger partial charge in [0, 0.05) is 9.13 Å². The van der Waals surface area contributed by atoms with E-state index in [2.05, 4.69) is 22.6 Å². The van der Waals surface area contributed by atoms with E-state index in [4.69, 9.17) is 0 Å². The predicted octanol–water partition coefficient (Wildman–Crippen LogP) is 3.26. The molecule has 64 valence electrons. The number of halogens is 1. The van der Waals surface area contributed by atoms with Gasteiger partial charge in [-0.25, -0.2) is 0 Å². The van der Waals surface area contributed by atoms with E-state index in [-0.39, 0.29) is 0 Å². The molecular weight excluding hydrogens is 275 g/mol. The molecule has 2 rings (SSSR count). The quantitative estimate of drug-likeness (QED) is 0.579. The summed E-state index contributed by atoms with van der Waals surface area (Å²) in [6.07, 6.45) is 0.878. The Hall–Kier alpha value is -0.900. The number of hydrogen-bond acceptors (Lipinski definition) is 1. The first kappa shape index (κ1) is 8.69. The molecule has 0 aliphatic heterocycles. The molecule has 2 aromatic rings. The average Bonchev–Trinajstić information content (AvgIpc) is 2.18. The van der Waals surface area contributed by atoms with E-state index in [9.17, 15) is 4.79 Å². The Morgan fingerprint density at radius 2 is 2.00 bits per heavy atom. The molecular formula is C11H7IO. The van der Waals surface area contributed by atoms with E-state index in [0.717, 1.165) is 17.2 Å². The van der Waals surface area contributed by atoms with Crippen LogP contribution in [0, 0.1) is 3.57 Å². The third-order valence-electron chi connectivity index (χ3n) is 1.99. The lowest BCUT2D eigenvalue weighted by Crippen LogP contribution is -1.82. The first-order valence-electron chi connectivity index (χ1n) is 3.95. The highest BCUT2D eigenvalue weighted by molar-refractivity contribution is 14.1. The van der Waals surface area contributed by atoms with Gasteiger partial charge in [-0.3, -0.25) is 4.79 Å². The normalized spacial score (nSPS) is 10.2. The van der Waals surface area contributed by atoms with Crippen LogP contribution in [-0.4, -0.2) is 6.29 Å². The van der Waals surface area contributed by atoms with E-state index in [1.165, 1.54) is 8.96 Å². The first-order chi connectivity index (χ1) is 6.31. The molecule has 0 fully saturated rings. The van der Waals surface area contributed by atoms with E-state index >= 15 is 0 Å². The Morgan fingerprint density at radius 1 is 1.15 bits per heavy atom. The zero-order valence-electron chi connectivity index (χ0n) is 6.83. The summed E-state index contributed by atoms with van der Waals surface area (Å²) in [4.78, 5) is 10.6. The van der Waals surface area contributed by atoms with Gasteiger partial charge in [0.25, 0.3) is 0 Å². The third kappa shape index (κ3) is 1.58. The summed E-state index contributed by atoms with van der Waals surface area (Å²) >= 11 is 2.28. The smallest absolute Gasteiger partial charge is 0.150 e. The maximum atomic E-state index is 10.6. The number of benzene rings is 2. The van der Waals surface area contributed by atoms with E-state index < -0.39 is 0 Å². The minimum atomic E-state index is 0.733. The summed E-state index contributed by atoms with van der Waals surface area (Å²) in [5, 5.41) is 2.32. The van der Waals surface area contributed by atoms with Crippen molar-refractivity contribution in [2.24, 2.45) is 0 Å². The van der Waals surface area contributed by atoms with E-state index in [0.29, 0.717) is 0 Å². The molecule has 0 radical (unpaired) electrons. The van der Waals surface area contributed by atoms with Gasteiger partial charge in [0.1, 0.15) is 6.29 Å². The fraction of sp³-hybridized carbons (Fsp3) is 0. The van der Waals surface area contributed by atoms with Crippen LogP contribution in [0.2, 0.25) is 0 Å². The van der Waals surface area contributed by atoms with Crippen molar-refractivity contribution >= 4 is 39.6 Å². The molecule has 0 saturated carbocycles. The Labute approximate surface area is 89.9 Å². The van der Waals surface area contributed by atoms with E-state index in [1.807, 2.05) is 36.4 Å². The minimum absolute atomic E-state index is 0.733. The molecule has 1 nitrogen and oxygen atoms in total. The number of rotatable bonds is 1. The summed E-state index contributed by atoms with van der Waals surface area (Å²) in [5.74, 6) is 0. The Bertz CT molecular complexity index is 463. The molecule has 0 amide bonds. The summed E-state index contributed by atoms with van der Waals surface area (Å²) < 4.78 is 1.18. The van der Waals surface area contributed by atoms with Crippen LogP contribution in [0.15, 0.2) is 36.4 Å². The average molecular weight is 282 g/mol. The number of aldehydes is 1. The van der Waals surface area contributed by atoms with Crippen LogP contribution in [0.25, 0.3) is 10.8 Å². The Balaban J connectivity index is 2.81. The molecule has 2 heteroatoms. The molecule has 0 spiro atoms. The van der Waals surface area contributed by atoms with Crippen molar-refractivity contribution in [1.82, 2.24) is 0 Å². The van der Waals surface area contributed by atoms with Gasteiger partial charge in [0.05, 0.1) is 0 Å². The fourth-order valence-corrected chi connectivity index (χ4v) is 2.00. The molecule has 0 saturated heterocycles. The van der Waals surface area contributed by atoms with Crippen molar-refractivity contribution in [3.63, 3.8) is 0 Å². The van der Waals surface area contributed by atoms with Crippen LogP contribution < -0.4 is 0 Å². The molecule has 0 aliphatic carbocycles. The zero-order chi connectivity index (χ0) is 9.26. The van der Waals surface area contributed by atoms with Crippen molar-refractivity contribution < 1.29 is 4.79 Å². The molecule has 2 aromatic carbocycles. The molecule has 0 aromatic heterocycles. The van der Waals surface area contributed by atoms with E-state index in [1.54, 1.807) is 0 Å². The van der Waals surface area contributed by atoms with Crippen LogP contribution in [0.5, 0.6) is 0 Å². The van der Waals surface area contributed by atoms with Gasteiger partial charge in [-0.1, -0.05) is 24.3 Å². The SMILES string of the molecule is O=Cc1ccc2cccc(I)c2c1. The van der Waals surface area contributed by atoms with Gasteiger partial charge < -0.3 is 0 Å². The topological polar surface area (TPSA) is 17.1 Å². The third-order valence-corrected chi connectivity index (χ3v) is 2.93. The van der Waals surface area contributed by atoms with Crippen LogP contribution >= 0.6 is 22.6 Å². The maximum absolute atomic E-state index is 10.6. The van der Waals surface area contributed by atoms with Crippen molar-refractivity contribution in [3.8, 4) is 0 Å². The summed E-state index contributed by atoms with van der Waals surface area (Å²) in [5.41, 5.74) is 0.733. The molecule has 13 heavy (non-hydrogen) atoms. The zero-order valence-corrected chi connectivity index (χ0v) is 8.99. The molecule has 0 N–H and O–H groups in total. The molecule has 0 unspecified atom stereocenters. The second-order valence-electron chi connectivity index (χ2n) is 2.84. The number of hydrogen-bond donors (Lipinski definition) is 0. The van der Waals surface area contributed by atoms with Crippen LogP contribution in [0.1, 0.15) is 10.4 Å². The molecule has 0 bridgehead atoms. The van der Waals surface area contributed by atoms with Gasteiger partial charge in [0.2, 0.25) is 0 Å². The predicted molar refractivity (Wildman–Crippen MR) is 62.1 cm³/mol. The van der Waals surface area contributed by atoms with Gasteiger partial charge in [-0.15, -0.1) is 0 Å². The second kappa shape index (κ2) is 3.46. The number of carbonyl (C=O) groups excluding carboxylic acids is 1. The summed E-state index contributed by atoms with van der Waals surface area (Å²) in [6.45, 7) is 0. The Morgan fingerprint density at radius 3 is 2.77 bits per heavy atom. The van der Waals surface area contributed by atoms with Crippen molar-refractivity contribution in [3.05, 3.63) is 45.5 Å². The highest BCUT2D eigenvalue weighted by atomic mass is 127. The van der Waals surface area contributed by atoms with Gasteiger partial charge in [-0.2, -0.15) is 0 Å². The summed E-state index contributed by atoms with van der Waals surface area (Å²) in [6, 6.07) is 11.8. The fourth-order valence-electron chi connectivity index (χ4n) is 1.33. The first-order valence-corrected chi connectivity index (χ1v) is 5.02. The van der Waals surface area contributed by atoms with Crippen LogP contribution in [-0.2, 0) is 0 Å². The van der Waals surface area contributed by atoms with Crippen LogP contribution in [0.3, 0.4) is 0 Å². The van der Waals surface area contributed by atoms with Crippen molar-refractivity contribution in [1.29, 1.82) is 0 Å². The number of carbonyl (C=O) groups is 1. The highest BCUT2D eigenvalue weighted by Gasteiger charge is 1.98.